The second kappa shape index (κ2) is 6.06. The van der Waals surface area contributed by atoms with Crippen molar-refractivity contribution in [2.24, 2.45) is 0 Å². The largest absolute Gasteiger partial charge is 0.478 e. The molecule has 2 rings (SSSR count). The SMILES string of the molecule is Cc1[nH]ncc1S(=O)(=O)NCCc1ccc(C(=O)O)cc1. The second-order valence-corrected chi connectivity index (χ2v) is 6.24. The number of aromatic amines is 1. The lowest BCUT2D eigenvalue weighted by Crippen LogP contribution is -2.26. The number of carbonyl (C=O) groups is 1. The van der Waals surface area contributed by atoms with Crippen LogP contribution < -0.4 is 4.72 Å². The lowest BCUT2D eigenvalue weighted by atomic mass is 10.1. The van der Waals surface area contributed by atoms with Gasteiger partial charge in [-0.1, -0.05) is 12.1 Å². The number of aromatic nitrogens is 2. The van der Waals surface area contributed by atoms with Gasteiger partial charge in [0.05, 0.1) is 17.5 Å². The van der Waals surface area contributed by atoms with E-state index in [-0.39, 0.29) is 17.0 Å². The van der Waals surface area contributed by atoms with Crippen LogP contribution in [0.15, 0.2) is 35.4 Å². The Balaban J connectivity index is 1.95. The molecule has 0 spiro atoms. The first-order valence-electron chi connectivity index (χ1n) is 6.22. The van der Waals surface area contributed by atoms with Crippen molar-refractivity contribution in [3.05, 3.63) is 47.3 Å². The summed E-state index contributed by atoms with van der Waals surface area (Å²) in [7, 11) is -3.58. The van der Waals surface area contributed by atoms with Gasteiger partial charge in [0, 0.05) is 6.54 Å². The van der Waals surface area contributed by atoms with Crippen molar-refractivity contribution in [2.45, 2.75) is 18.2 Å². The van der Waals surface area contributed by atoms with Crippen molar-refractivity contribution in [1.82, 2.24) is 14.9 Å². The van der Waals surface area contributed by atoms with Crippen molar-refractivity contribution in [3.8, 4) is 0 Å². The molecule has 0 radical (unpaired) electrons. The molecule has 21 heavy (non-hydrogen) atoms. The predicted molar refractivity (Wildman–Crippen MR) is 75.6 cm³/mol. The van der Waals surface area contributed by atoms with E-state index in [9.17, 15) is 13.2 Å². The zero-order chi connectivity index (χ0) is 15.5. The van der Waals surface area contributed by atoms with E-state index in [4.69, 9.17) is 5.11 Å². The Morgan fingerprint density at radius 1 is 1.33 bits per heavy atom. The van der Waals surface area contributed by atoms with E-state index in [1.54, 1.807) is 19.1 Å². The third kappa shape index (κ3) is 3.67. The van der Waals surface area contributed by atoms with Crippen LogP contribution in [0, 0.1) is 6.92 Å². The van der Waals surface area contributed by atoms with E-state index in [0.717, 1.165) is 5.56 Å². The zero-order valence-corrected chi connectivity index (χ0v) is 12.1. The molecule has 0 saturated heterocycles. The van der Waals surface area contributed by atoms with Gasteiger partial charge >= 0.3 is 5.97 Å². The standard InChI is InChI=1S/C13H15N3O4S/c1-9-12(8-14-16-9)21(19,20)15-7-6-10-2-4-11(5-3-10)13(17)18/h2-5,8,15H,6-7H2,1H3,(H,14,16)(H,17,18). The number of carboxylic acids is 1. The molecule has 0 amide bonds. The van der Waals surface area contributed by atoms with Gasteiger partial charge < -0.3 is 5.11 Å². The number of carboxylic acid groups (broad SMARTS) is 1. The number of H-pyrrole nitrogens is 1. The number of benzene rings is 1. The van der Waals surface area contributed by atoms with E-state index in [1.165, 1.54) is 18.3 Å². The number of hydrogen-bond donors (Lipinski definition) is 3. The van der Waals surface area contributed by atoms with Crippen LogP contribution in [0.25, 0.3) is 0 Å². The lowest BCUT2D eigenvalue weighted by molar-refractivity contribution is 0.0697. The lowest BCUT2D eigenvalue weighted by Gasteiger charge is -2.06. The number of nitrogens with zero attached hydrogens (tertiary/aromatic N) is 1. The maximum Gasteiger partial charge on any atom is 0.335 e. The normalized spacial score (nSPS) is 11.5. The number of hydrogen-bond acceptors (Lipinski definition) is 4. The van der Waals surface area contributed by atoms with Gasteiger partial charge in [-0.15, -0.1) is 0 Å². The van der Waals surface area contributed by atoms with Crippen LogP contribution in [0.1, 0.15) is 21.6 Å². The summed E-state index contributed by atoms with van der Waals surface area (Å²) in [6.07, 6.45) is 1.73. The van der Waals surface area contributed by atoms with Crippen LogP contribution in [0.2, 0.25) is 0 Å². The summed E-state index contributed by atoms with van der Waals surface area (Å²) in [6.45, 7) is 1.85. The van der Waals surface area contributed by atoms with E-state index in [1.807, 2.05) is 0 Å². The van der Waals surface area contributed by atoms with Crippen LogP contribution in [0.4, 0.5) is 0 Å². The second-order valence-electron chi connectivity index (χ2n) is 4.51. The minimum atomic E-state index is -3.58. The van der Waals surface area contributed by atoms with Crippen LogP contribution >= 0.6 is 0 Å². The molecule has 2 aromatic rings. The molecule has 3 N–H and O–H groups in total. The molecule has 7 nitrogen and oxygen atoms in total. The highest BCUT2D eigenvalue weighted by Gasteiger charge is 2.17. The van der Waals surface area contributed by atoms with Gasteiger partial charge in [0.1, 0.15) is 4.90 Å². The third-order valence-electron chi connectivity index (χ3n) is 2.98. The van der Waals surface area contributed by atoms with Crippen molar-refractivity contribution >= 4 is 16.0 Å². The van der Waals surface area contributed by atoms with Gasteiger partial charge in [-0.3, -0.25) is 5.10 Å². The van der Waals surface area contributed by atoms with E-state index >= 15 is 0 Å². The number of aryl methyl sites for hydroxylation is 1. The maximum atomic E-state index is 12.0. The zero-order valence-electron chi connectivity index (χ0n) is 11.3. The van der Waals surface area contributed by atoms with Crippen LogP contribution in [-0.4, -0.2) is 36.2 Å². The molecule has 0 aliphatic rings. The van der Waals surface area contributed by atoms with Crippen molar-refractivity contribution in [3.63, 3.8) is 0 Å². The van der Waals surface area contributed by atoms with E-state index < -0.39 is 16.0 Å². The number of aromatic carboxylic acids is 1. The van der Waals surface area contributed by atoms with Crippen LogP contribution in [0.5, 0.6) is 0 Å². The molecular formula is C13H15N3O4S. The topological polar surface area (TPSA) is 112 Å². The quantitative estimate of drug-likeness (QED) is 0.735. The molecule has 112 valence electrons. The minimum Gasteiger partial charge on any atom is -0.478 e. The van der Waals surface area contributed by atoms with Gasteiger partial charge in [-0.25, -0.2) is 17.9 Å². The fourth-order valence-corrected chi connectivity index (χ4v) is 3.00. The van der Waals surface area contributed by atoms with Crippen molar-refractivity contribution in [1.29, 1.82) is 0 Å². The summed E-state index contributed by atoms with van der Waals surface area (Å²) >= 11 is 0. The first-order valence-corrected chi connectivity index (χ1v) is 7.70. The summed E-state index contributed by atoms with van der Waals surface area (Å²) in [6, 6.07) is 6.32. The highest BCUT2D eigenvalue weighted by Crippen LogP contribution is 2.11. The summed E-state index contributed by atoms with van der Waals surface area (Å²) in [5, 5.41) is 15.0. The van der Waals surface area contributed by atoms with Crippen molar-refractivity contribution < 1.29 is 18.3 Å². The highest BCUT2D eigenvalue weighted by atomic mass is 32.2. The molecule has 0 aliphatic carbocycles. The van der Waals surface area contributed by atoms with Gasteiger partial charge in [0.15, 0.2) is 0 Å². The minimum absolute atomic E-state index is 0.128. The summed E-state index contributed by atoms with van der Waals surface area (Å²) in [4.78, 5) is 10.8. The number of rotatable bonds is 6. The van der Waals surface area contributed by atoms with Gasteiger partial charge in [-0.2, -0.15) is 5.10 Å². The molecule has 0 aliphatic heterocycles. The molecule has 1 aromatic carbocycles. The molecule has 1 heterocycles. The number of sulfonamides is 1. The van der Waals surface area contributed by atoms with Gasteiger partial charge in [0.2, 0.25) is 10.0 Å². The first-order chi connectivity index (χ1) is 9.90. The summed E-state index contributed by atoms with van der Waals surface area (Å²) in [5.41, 5.74) is 1.54. The van der Waals surface area contributed by atoms with Crippen LogP contribution in [-0.2, 0) is 16.4 Å². The highest BCUT2D eigenvalue weighted by molar-refractivity contribution is 7.89. The molecule has 0 unspecified atom stereocenters. The average molecular weight is 309 g/mol. The third-order valence-corrected chi connectivity index (χ3v) is 4.55. The number of nitrogens with one attached hydrogen (secondary N) is 2. The Kier molecular flexibility index (Phi) is 4.39. The molecule has 0 fully saturated rings. The molecular weight excluding hydrogens is 294 g/mol. The first kappa shape index (κ1) is 15.2. The van der Waals surface area contributed by atoms with Crippen LogP contribution in [0.3, 0.4) is 0 Å². The molecule has 1 aromatic heterocycles. The Morgan fingerprint density at radius 2 is 2.00 bits per heavy atom. The van der Waals surface area contributed by atoms with Crippen molar-refractivity contribution in [2.75, 3.05) is 6.54 Å². The molecule has 8 heteroatoms. The summed E-state index contributed by atoms with van der Waals surface area (Å²) < 4.78 is 26.5. The van der Waals surface area contributed by atoms with E-state index in [2.05, 4.69) is 14.9 Å². The van der Waals surface area contributed by atoms with Gasteiger partial charge in [0.25, 0.3) is 0 Å². The Morgan fingerprint density at radius 3 is 2.52 bits per heavy atom. The average Bonchev–Trinajstić information content (AvgIpc) is 2.86. The fourth-order valence-electron chi connectivity index (χ4n) is 1.83. The fraction of sp³-hybridized carbons (Fsp3) is 0.231. The maximum absolute atomic E-state index is 12.0. The monoisotopic (exact) mass is 309 g/mol. The Hall–Kier alpha value is -2.19. The van der Waals surface area contributed by atoms with E-state index in [0.29, 0.717) is 12.1 Å². The Bertz CT molecular complexity index is 735. The molecule has 0 atom stereocenters. The van der Waals surface area contributed by atoms with Gasteiger partial charge in [-0.05, 0) is 31.0 Å². The molecule has 0 saturated carbocycles. The Labute approximate surface area is 122 Å². The smallest absolute Gasteiger partial charge is 0.335 e. The molecule has 0 bridgehead atoms. The predicted octanol–water partition coefficient (Wildman–Crippen LogP) is 0.937. The summed E-state index contributed by atoms with van der Waals surface area (Å²) in [5.74, 6) is -0.988.